The molecule has 196 valence electrons. The smallest absolute Gasteiger partial charge is 0.338 e. The van der Waals surface area contributed by atoms with Gasteiger partial charge in [0.15, 0.2) is 4.96 Å². The highest BCUT2D eigenvalue weighted by molar-refractivity contribution is 7.19. The molecule has 0 fully saturated rings. The van der Waals surface area contributed by atoms with E-state index in [1.54, 1.807) is 43.3 Å². The van der Waals surface area contributed by atoms with Crippen molar-refractivity contribution in [1.29, 1.82) is 0 Å². The minimum absolute atomic E-state index is 0.0121. The van der Waals surface area contributed by atoms with Crippen molar-refractivity contribution in [2.75, 3.05) is 24.4 Å². The van der Waals surface area contributed by atoms with E-state index >= 15 is 0 Å². The molecule has 2 aromatic heterocycles. The van der Waals surface area contributed by atoms with Gasteiger partial charge in [0, 0.05) is 29.2 Å². The molecule has 4 aromatic rings. The van der Waals surface area contributed by atoms with Crippen molar-refractivity contribution in [3.8, 4) is 5.75 Å². The minimum Gasteiger partial charge on any atom is -0.497 e. The van der Waals surface area contributed by atoms with E-state index < -0.39 is 23.3 Å². The van der Waals surface area contributed by atoms with Crippen LogP contribution >= 0.6 is 11.3 Å². The quantitative estimate of drug-likeness (QED) is 0.305. The van der Waals surface area contributed by atoms with Gasteiger partial charge in [0.05, 0.1) is 19.3 Å². The number of aromatic nitrogens is 2. The first kappa shape index (κ1) is 26.6. The van der Waals surface area contributed by atoms with Crippen molar-refractivity contribution in [3.05, 3.63) is 86.8 Å². The number of hydrogen-bond acceptors (Lipinski definition) is 8. The van der Waals surface area contributed by atoms with Crippen molar-refractivity contribution in [2.24, 2.45) is 0 Å². The lowest BCUT2D eigenvalue weighted by atomic mass is 10.2. The third-order valence-corrected chi connectivity index (χ3v) is 6.52. The molecular weight excluding hydrogens is 508 g/mol. The molecule has 0 atom stereocenters. The van der Waals surface area contributed by atoms with Crippen LogP contribution in [0.4, 0.5) is 11.4 Å². The van der Waals surface area contributed by atoms with Gasteiger partial charge in [-0.2, -0.15) is 0 Å². The number of hydrogen-bond donors (Lipinski definition) is 2. The number of esters is 1. The molecule has 2 aromatic carbocycles. The second-order valence-electron chi connectivity index (χ2n) is 8.17. The van der Waals surface area contributed by atoms with Gasteiger partial charge in [-0.15, -0.1) is 0 Å². The summed E-state index contributed by atoms with van der Waals surface area (Å²) in [7, 11) is 1.51. The van der Waals surface area contributed by atoms with E-state index in [1.807, 2.05) is 6.92 Å². The summed E-state index contributed by atoms with van der Waals surface area (Å²) in [4.78, 5) is 56.5. The van der Waals surface area contributed by atoms with Crippen LogP contribution in [0.3, 0.4) is 0 Å². The average Bonchev–Trinajstić information content (AvgIpc) is 3.30. The van der Waals surface area contributed by atoms with E-state index in [9.17, 15) is 19.2 Å². The number of carbonyl (C=O) groups is 3. The number of nitrogens with zero attached hydrogens (tertiary/aromatic N) is 2. The largest absolute Gasteiger partial charge is 0.497 e. The molecule has 0 spiro atoms. The molecule has 2 heterocycles. The molecule has 0 aliphatic heterocycles. The molecule has 0 saturated heterocycles. The second-order valence-corrected chi connectivity index (χ2v) is 9.15. The number of nitrogens with one attached hydrogen (secondary N) is 2. The third kappa shape index (κ3) is 5.73. The first-order valence-electron chi connectivity index (χ1n) is 11.9. The van der Waals surface area contributed by atoms with Crippen LogP contribution in [0.1, 0.15) is 56.5 Å². The second kappa shape index (κ2) is 11.7. The summed E-state index contributed by atoms with van der Waals surface area (Å²) >= 11 is 0.947. The first-order chi connectivity index (χ1) is 18.3. The van der Waals surface area contributed by atoms with E-state index in [1.165, 1.54) is 25.3 Å². The van der Waals surface area contributed by atoms with Gasteiger partial charge in [-0.25, -0.2) is 14.2 Å². The molecule has 0 aliphatic rings. The normalized spacial score (nSPS) is 10.7. The summed E-state index contributed by atoms with van der Waals surface area (Å²) in [6.45, 7) is 3.93. The zero-order valence-corrected chi connectivity index (χ0v) is 21.9. The molecule has 10 nitrogen and oxygen atoms in total. The van der Waals surface area contributed by atoms with Gasteiger partial charge in [-0.3, -0.25) is 14.4 Å². The number of ether oxygens (including phenoxy) is 2. The lowest BCUT2D eigenvalue weighted by Gasteiger charge is -2.09. The Hall–Kier alpha value is -4.51. The summed E-state index contributed by atoms with van der Waals surface area (Å²) in [5, 5.41) is 5.47. The fourth-order valence-electron chi connectivity index (χ4n) is 3.75. The average molecular weight is 535 g/mol. The zero-order valence-electron chi connectivity index (χ0n) is 21.1. The summed E-state index contributed by atoms with van der Waals surface area (Å²) in [5.74, 6) is -1.19. The molecule has 0 unspecified atom stereocenters. The number of aryl methyl sites for hydroxylation is 1. The molecular formula is C27H26N4O6S. The van der Waals surface area contributed by atoms with Crippen LogP contribution in [-0.4, -0.2) is 40.9 Å². The lowest BCUT2D eigenvalue weighted by molar-refractivity contribution is 0.0526. The molecule has 0 bridgehead atoms. The number of thiazole rings is 1. The van der Waals surface area contributed by atoms with Crippen LogP contribution in [-0.2, 0) is 11.2 Å². The van der Waals surface area contributed by atoms with Crippen molar-refractivity contribution >= 4 is 45.5 Å². The van der Waals surface area contributed by atoms with Crippen LogP contribution in [0.15, 0.2) is 59.4 Å². The fraction of sp³-hybridized carbons (Fsp3) is 0.222. The van der Waals surface area contributed by atoms with Crippen molar-refractivity contribution in [3.63, 3.8) is 0 Å². The maximum atomic E-state index is 13.4. The number of anilines is 2. The number of rotatable bonds is 9. The Labute approximate surface area is 222 Å². The van der Waals surface area contributed by atoms with Crippen LogP contribution in [0.2, 0.25) is 0 Å². The summed E-state index contributed by atoms with van der Waals surface area (Å²) in [6.07, 6.45) is 1.37. The Bertz CT molecular complexity index is 1560. The van der Waals surface area contributed by atoms with Crippen LogP contribution < -0.4 is 20.9 Å². The number of methoxy groups -OCH3 is 1. The molecule has 38 heavy (non-hydrogen) atoms. The van der Waals surface area contributed by atoms with Gasteiger partial charge in [-0.05, 0) is 49.7 Å². The summed E-state index contributed by atoms with van der Waals surface area (Å²) in [6, 6.07) is 14.3. The van der Waals surface area contributed by atoms with E-state index in [0.29, 0.717) is 34.8 Å². The van der Waals surface area contributed by atoms with Crippen molar-refractivity contribution in [1.82, 2.24) is 9.38 Å². The summed E-state index contributed by atoms with van der Waals surface area (Å²) in [5.41, 5.74) is 1.16. The van der Waals surface area contributed by atoms with Crippen molar-refractivity contribution < 1.29 is 23.9 Å². The molecule has 2 N–H and O–H groups in total. The van der Waals surface area contributed by atoms with Crippen LogP contribution in [0.5, 0.6) is 5.75 Å². The standard InChI is InChI=1S/C27H26N4O6S/c1-4-7-18-15-21(32)31-22(24(33)29-19-8-6-9-20(14-19)36-3)23(38-27(31)30-18)25(34)28-17-12-10-16(11-13-17)26(35)37-5-2/h6,8-15H,4-5,7H2,1-3H3,(H,28,34)(H,29,33). The predicted octanol–water partition coefficient (Wildman–Crippen LogP) is 4.40. The van der Waals surface area contributed by atoms with Gasteiger partial charge in [-0.1, -0.05) is 30.7 Å². The lowest BCUT2D eigenvalue weighted by Crippen LogP contribution is -2.25. The number of carbonyl (C=O) groups excluding carboxylic acids is 3. The summed E-state index contributed by atoms with van der Waals surface area (Å²) < 4.78 is 11.3. The van der Waals surface area contributed by atoms with Gasteiger partial charge in [0.2, 0.25) is 0 Å². The van der Waals surface area contributed by atoms with E-state index in [0.717, 1.165) is 22.2 Å². The highest BCUT2D eigenvalue weighted by Gasteiger charge is 2.26. The Morgan fingerprint density at radius 1 is 0.974 bits per heavy atom. The highest BCUT2D eigenvalue weighted by Crippen LogP contribution is 2.25. The Kier molecular flexibility index (Phi) is 8.17. The Balaban J connectivity index is 1.72. The number of amides is 2. The predicted molar refractivity (Wildman–Crippen MR) is 145 cm³/mol. The van der Waals surface area contributed by atoms with Gasteiger partial charge in [0.1, 0.15) is 16.3 Å². The van der Waals surface area contributed by atoms with Gasteiger partial charge >= 0.3 is 5.97 Å². The minimum atomic E-state index is -0.653. The van der Waals surface area contributed by atoms with E-state index in [-0.39, 0.29) is 22.1 Å². The highest BCUT2D eigenvalue weighted by atomic mass is 32.1. The molecule has 0 radical (unpaired) electrons. The Morgan fingerprint density at radius 2 is 1.71 bits per heavy atom. The SMILES string of the molecule is CCCc1cc(=O)n2c(C(=O)Nc3cccc(OC)c3)c(C(=O)Nc3ccc(C(=O)OCC)cc3)sc2n1. The monoisotopic (exact) mass is 534 g/mol. The maximum Gasteiger partial charge on any atom is 0.338 e. The number of fused-ring (bicyclic) bond motifs is 1. The van der Waals surface area contributed by atoms with E-state index in [4.69, 9.17) is 9.47 Å². The molecule has 4 rings (SSSR count). The topological polar surface area (TPSA) is 128 Å². The zero-order chi connectivity index (χ0) is 27.2. The van der Waals surface area contributed by atoms with Crippen LogP contribution in [0, 0.1) is 0 Å². The Morgan fingerprint density at radius 3 is 2.39 bits per heavy atom. The van der Waals surface area contributed by atoms with Gasteiger partial charge in [0.25, 0.3) is 17.4 Å². The maximum absolute atomic E-state index is 13.4. The molecule has 2 amide bonds. The molecule has 11 heteroatoms. The van der Waals surface area contributed by atoms with Crippen molar-refractivity contribution in [2.45, 2.75) is 26.7 Å². The first-order valence-corrected chi connectivity index (χ1v) is 12.8. The van der Waals surface area contributed by atoms with Gasteiger partial charge < -0.3 is 20.1 Å². The number of benzene rings is 2. The fourth-order valence-corrected chi connectivity index (χ4v) is 4.79. The van der Waals surface area contributed by atoms with Crippen LogP contribution in [0.25, 0.3) is 4.96 Å². The molecule has 0 aliphatic carbocycles. The molecule has 0 saturated carbocycles. The van der Waals surface area contributed by atoms with E-state index in [2.05, 4.69) is 15.6 Å². The third-order valence-electron chi connectivity index (χ3n) is 5.48.